The Labute approximate surface area is 139 Å². The summed E-state index contributed by atoms with van der Waals surface area (Å²) in [6.07, 6.45) is 0.334. The molecule has 0 saturated carbocycles. The molecule has 10 heteroatoms. The van der Waals surface area contributed by atoms with Gasteiger partial charge in [-0.05, 0) is 18.2 Å². The van der Waals surface area contributed by atoms with Gasteiger partial charge in [0.2, 0.25) is 4.46 Å². The van der Waals surface area contributed by atoms with Crippen LogP contribution >= 0.6 is 23.2 Å². The average Bonchev–Trinajstić information content (AvgIpc) is 2.45. The number of pyridine rings is 1. The second kappa shape index (κ2) is 6.29. The molecule has 0 saturated heterocycles. The number of amides is 1. The molecule has 3 N–H and O–H groups in total. The SMILES string of the molecule is CNc1ncc(C(F)(F)F)cc1NC(=O)C1=CC=CC(Cl)(Cl)N1. The van der Waals surface area contributed by atoms with Crippen molar-refractivity contribution in [2.45, 2.75) is 10.6 Å². The van der Waals surface area contributed by atoms with E-state index in [1.165, 1.54) is 25.3 Å². The molecule has 0 atom stereocenters. The lowest BCUT2D eigenvalue weighted by atomic mass is 10.2. The third-order valence-corrected chi connectivity index (χ3v) is 3.26. The van der Waals surface area contributed by atoms with Gasteiger partial charge >= 0.3 is 6.18 Å². The standard InChI is InChI=1S/C13H11Cl2F3N4O/c1-19-10-9(5-7(6-20-10)13(16,17)18)21-11(23)8-3-2-4-12(14,15)22-8/h2-6,22H,1H3,(H,19,20)(H,21,23). The molecule has 124 valence electrons. The van der Waals surface area contributed by atoms with Gasteiger partial charge in [-0.25, -0.2) is 4.98 Å². The Hall–Kier alpha value is -1.93. The summed E-state index contributed by atoms with van der Waals surface area (Å²) in [6.45, 7) is 0. The molecule has 1 aliphatic heterocycles. The number of carbonyl (C=O) groups is 1. The number of allylic oxidation sites excluding steroid dienone is 2. The molecule has 0 radical (unpaired) electrons. The lowest BCUT2D eigenvalue weighted by Crippen LogP contribution is -2.38. The number of carbonyl (C=O) groups excluding carboxylic acids is 1. The van der Waals surface area contributed by atoms with Crippen LogP contribution in [-0.2, 0) is 11.0 Å². The molecule has 1 amide bonds. The summed E-state index contributed by atoms with van der Waals surface area (Å²) in [4.78, 5) is 15.8. The Morgan fingerprint density at radius 3 is 2.65 bits per heavy atom. The minimum Gasteiger partial charge on any atom is -0.371 e. The molecule has 5 nitrogen and oxygen atoms in total. The number of hydrogen-bond donors (Lipinski definition) is 3. The van der Waals surface area contributed by atoms with E-state index >= 15 is 0 Å². The first-order chi connectivity index (χ1) is 10.6. The van der Waals surface area contributed by atoms with Crippen molar-refractivity contribution in [3.63, 3.8) is 0 Å². The van der Waals surface area contributed by atoms with Crippen LogP contribution in [0.2, 0.25) is 0 Å². The molecular formula is C13H11Cl2F3N4O. The van der Waals surface area contributed by atoms with Crippen molar-refractivity contribution >= 4 is 40.6 Å². The normalized spacial score (nSPS) is 16.3. The lowest BCUT2D eigenvalue weighted by molar-refractivity contribution is -0.137. The first-order valence-electron chi connectivity index (χ1n) is 6.24. The zero-order valence-electron chi connectivity index (χ0n) is 11.6. The molecule has 0 bridgehead atoms. The van der Waals surface area contributed by atoms with Crippen molar-refractivity contribution in [1.29, 1.82) is 0 Å². The first kappa shape index (κ1) is 17.4. The van der Waals surface area contributed by atoms with Crippen LogP contribution in [0.15, 0.2) is 36.2 Å². The maximum atomic E-state index is 12.8. The fourth-order valence-electron chi connectivity index (χ4n) is 1.76. The smallest absolute Gasteiger partial charge is 0.371 e. The predicted octanol–water partition coefficient (Wildman–Crippen LogP) is 3.26. The zero-order chi connectivity index (χ0) is 17.3. The molecule has 1 aromatic rings. The van der Waals surface area contributed by atoms with E-state index in [-0.39, 0.29) is 17.2 Å². The first-order valence-corrected chi connectivity index (χ1v) is 7.00. The molecule has 2 rings (SSSR count). The lowest BCUT2D eigenvalue weighted by Gasteiger charge is -2.23. The highest BCUT2D eigenvalue weighted by atomic mass is 35.5. The molecule has 2 heterocycles. The van der Waals surface area contributed by atoms with Crippen LogP contribution in [0.25, 0.3) is 0 Å². The van der Waals surface area contributed by atoms with E-state index in [0.717, 1.165) is 6.07 Å². The highest BCUT2D eigenvalue weighted by Gasteiger charge is 2.32. The van der Waals surface area contributed by atoms with Crippen molar-refractivity contribution in [3.05, 3.63) is 41.8 Å². The van der Waals surface area contributed by atoms with Gasteiger partial charge in [0, 0.05) is 13.2 Å². The molecule has 0 fully saturated rings. The van der Waals surface area contributed by atoms with Crippen molar-refractivity contribution in [2.24, 2.45) is 0 Å². The Kier molecular flexibility index (Phi) is 4.76. The van der Waals surface area contributed by atoms with Gasteiger partial charge in [0.1, 0.15) is 11.5 Å². The monoisotopic (exact) mass is 366 g/mol. The van der Waals surface area contributed by atoms with E-state index in [2.05, 4.69) is 20.9 Å². The van der Waals surface area contributed by atoms with Crippen LogP contribution in [0, 0.1) is 0 Å². The van der Waals surface area contributed by atoms with Crippen LogP contribution in [0.3, 0.4) is 0 Å². The predicted molar refractivity (Wildman–Crippen MR) is 82.2 cm³/mol. The van der Waals surface area contributed by atoms with Gasteiger partial charge in [-0.2, -0.15) is 13.2 Å². The summed E-state index contributed by atoms with van der Waals surface area (Å²) >= 11 is 11.7. The van der Waals surface area contributed by atoms with Gasteiger partial charge < -0.3 is 16.0 Å². The summed E-state index contributed by atoms with van der Waals surface area (Å²) in [6, 6.07) is 0.782. The van der Waals surface area contributed by atoms with Gasteiger partial charge in [-0.15, -0.1) is 0 Å². The molecule has 0 aromatic carbocycles. The number of rotatable bonds is 3. The van der Waals surface area contributed by atoms with E-state index in [1.54, 1.807) is 0 Å². The van der Waals surface area contributed by atoms with Gasteiger partial charge in [-0.1, -0.05) is 29.3 Å². The highest BCUT2D eigenvalue weighted by Crippen LogP contribution is 2.33. The molecule has 1 aromatic heterocycles. The maximum Gasteiger partial charge on any atom is 0.417 e. The quantitative estimate of drug-likeness (QED) is 0.567. The second-order valence-corrected chi connectivity index (χ2v) is 5.90. The summed E-state index contributed by atoms with van der Waals surface area (Å²) in [5, 5.41) is 7.46. The fourth-order valence-corrected chi connectivity index (χ4v) is 2.11. The molecule has 0 aliphatic carbocycles. The summed E-state index contributed by atoms with van der Waals surface area (Å²) in [7, 11) is 1.47. The van der Waals surface area contributed by atoms with E-state index in [0.29, 0.717) is 6.20 Å². The Bertz CT molecular complexity index is 686. The molecule has 1 aliphatic rings. The van der Waals surface area contributed by atoms with Crippen LogP contribution in [-0.4, -0.2) is 22.4 Å². The number of dihydropyridines is 1. The van der Waals surface area contributed by atoms with E-state index in [4.69, 9.17) is 23.2 Å². The highest BCUT2D eigenvalue weighted by molar-refractivity contribution is 6.49. The fraction of sp³-hybridized carbons (Fsp3) is 0.231. The number of nitrogens with one attached hydrogen (secondary N) is 3. The second-order valence-electron chi connectivity index (χ2n) is 4.51. The van der Waals surface area contributed by atoms with E-state index < -0.39 is 22.1 Å². The van der Waals surface area contributed by atoms with E-state index in [9.17, 15) is 18.0 Å². The third kappa shape index (κ3) is 4.29. The number of nitrogens with zero attached hydrogens (tertiary/aromatic N) is 1. The Morgan fingerprint density at radius 2 is 2.09 bits per heavy atom. The summed E-state index contributed by atoms with van der Waals surface area (Å²) < 4.78 is 36.8. The summed E-state index contributed by atoms with van der Waals surface area (Å²) in [5.74, 6) is -0.626. The third-order valence-electron chi connectivity index (χ3n) is 2.81. The maximum absolute atomic E-state index is 12.8. The van der Waals surface area contributed by atoms with Gasteiger partial charge in [0.25, 0.3) is 5.91 Å². The van der Waals surface area contributed by atoms with Crippen LogP contribution < -0.4 is 16.0 Å². The van der Waals surface area contributed by atoms with Gasteiger partial charge in [0.05, 0.1) is 11.3 Å². The van der Waals surface area contributed by atoms with Crippen molar-refractivity contribution < 1.29 is 18.0 Å². The molecule has 0 spiro atoms. The minimum atomic E-state index is -4.58. The van der Waals surface area contributed by atoms with Crippen molar-refractivity contribution in [1.82, 2.24) is 10.3 Å². The molecular weight excluding hydrogens is 356 g/mol. The number of anilines is 2. The summed E-state index contributed by atoms with van der Waals surface area (Å²) in [5.41, 5.74) is -1.11. The minimum absolute atomic E-state index is 0.00281. The van der Waals surface area contributed by atoms with Crippen molar-refractivity contribution in [2.75, 3.05) is 17.7 Å². The van der Waals surface area contributed by atoms with Crippen LogP contribution in [0.1, 0.15) is 5.56 Å². The number of hydrogen-bond acceptors (Lipinski definition) is 4. The molecule has 23 heavy (non-hydrogen) atoms. The van der Waals surface area contributed by atoms with E-state index in [1.807, 2.05) is 0 Å². The van der Waals surface area contributed by atoms with Crippen LogP contribution in [0.4, 0.5) is 24.7 Å². The van der Waals surface area contributed by atoms with Gasteiger partial charge in [-0.3, -0.25) is 4.79 Å². The largest absolute Gasteiger partial charge is 0.417 e. The van der Waals surface area contributed by atoms with Crippen LogP contribution in [0.5, 0.6) is 0 Å². The Morgan fingerprint density at radius 1 is 1.39 bits per heavy atom. The Balaban J connectivity index is 2.27. The average molecular weight is 367 g/mol. The van der Waals surface area contributed by atoms with Crippen molar-refractivity contribution in [3.8, 4) is 0 Å². The number of aromatic nitrogens is 1. The number of alkyl halides is 5. The van der Waals surface area contributed by atoms with Gasteiger partial charge in [0.15, 0.2) is 0 Å². The molecule has 0 unspecified atom stereocenters. The zero-order valence-corrected chi connectivity index (χ0v) is 13.1. The topological polar surface area (TPSA) is 66.0 Å². The number of halogens is 5.